The van der Waals surface area contributed by atoms with Crippen molar-refractivity contribution in [1.29, 1.82) is 0 Å². The van der Waals surface area contributed by atoms with Crippen LogP contribution in [0.3, 0.4) is 0 Å². The van der Waals surface area contributed by atoms with Gasteiger partial charge in [-0.3, -0.25) is 9.59 Å². The molecule has 0 unspecified atom stereocenters. The Bertz CT molecular complexity index is 742. The zero-order valence-electron chi connectivity index (χ0n) is 14.7. The molecule has 1 aliphatic rings. The van der Waals surface area contributed by atoms with Crippen molar-refractivity contribution >= 4 is 11.7 Å². The maximum Gasteiger partial charge on any atom is 0.253 e. The molecule has 0 atom stereocenters. The van der Waals surface area contributed by atoms with Crippen molar-refractivity contribution in [3.05, 3.63) is 65.2 Å². The Morgan fingerprint density at radius 1 is 0.920 bits per heavy atom. The van der Waals surface area contributed by atoms with Crippen molar-refractivity contribution in [1.82, 2.24) is 4.90 Å². The van der Waals surface area contributed by atoms with Crippen LogP contribution in [0.25, 0.3) is 0 Å². The number of ether oxygens (including phenoxy) is 1. The van der Waals surface area contributed by atoms with Crippen LogP contribution in [0, 0.1) is 12.8 Å². The molecule has 25 heavy (non-hydrogen) atoms. The molecule has 1 aliphatic heterocycles. The van der Waals surface area contributed by atoms with E-state index in [0.29, 0.717) is 31.5 Å². The third-order valence-corrected chi connectivity index (χ3v) is 4.83. The number of likely N-dealkylation sites (tertiary alicyclic amines) is 1. The van der Waals surface area contributed by atoms with Crippen molar-refractivity contribution in [2.45, 2.75) is 19.8 Å². The Morgan fingerprint density at radius 2 is 1.48 bits per heavy atom. The average Bonchev–Trinajstić information content (AvgIpc) is 2.67. The van der Waals surface area contributed by atoms with Crippen LogP contribution in [-0.2, 0) is 0 Å². The maximum absolute atomic E-state index is 12.6. The van der Waals surface area contributed by atoms with E-state index in [4.69, 9.17) is 4.74 Å². The fourth-order valence-electron chi connectivity index (χ4n) is 3.21. The van der Waals surface area contributed by atoms with Gasteiger partial charge < -0.3 is 9.64 Å². The smallest absolute Gasteiger partial charge is 0.253 e. The second kappa shape index (κ2) is 7.51. The molecule has 0 bridgehead atoms. The van der Waals surface area contributed by atoms with Crippen molar-refractivity contribution < 1.29 is 14.3 Å². The molecular formula is C21H23NO3. The highest BCUT2D eigenvalue weighted by Gasteiger charge is 2.28. The largest absolute Gasteiger partial charge is 0.497 e. The van der Waals surface area contributed by atoms with Gasteiger partial charge in [0, 0.05) is 30.1 Å². The summed E-state index contributed by atoms with van der Waals surface area (Å²) in [6.07, 6.45) is 1.43. The number of aryl methyl sites for hydroxylation is 1. The number of nitrogens with zero attached hydrogens (tertiary/aromatic N) is 1. The molecular weight excluding hydrogens is 314 g/mol. The zero-order chi connectivity index (χ0) is 17.8. The number of ketones is 1. The van der Waals surface area contributed by atoms with Gasteiger partial charge in [0.25, 0.3) is 5.91 Å². The van der Waals surface area contributed by atoms with E-state index in [1.807, 2.05) is 36.1 Å². The lowest BCUT2D eigenvalue weighted by molar-refractivity contribution is 0.0650. The summed E-state index contributed by atoms with van der Waals surface area (Å²) in [6.45, 7) is 3.25. The molecule has 1 amide bonds. The van der Waals surface area contributed by atoms with Crippen LogP contribution in [0.2, 0.25) is 0 Å². The standard InChI is InChI=1S/C21H23NO3/c1-15-3-5-16(6-4-15)20(23)17-11-13-22(14-12-17)21(24)18-7-9-19(25-2)10-8-18/h3-10,17H,11-14H2,1-2H3. The first-order chi connectivity index (χ1) is 12.1. The van der Waals surface area contributed by atoms with Gasteiger partial charge in [0.05, 0.1) is 7.11 Å². The summed E-state index contributed by atoms with van der Waals surface area (Å²) in [7, 11) is 1.60. The molecule has 4 heteroatoms. The highest BCUT2D eigenvalue weighted by Crippen LogP contribution is 2.23. The molecule has 0 aromatic heterocycles. The number of piperidine rings is 1. The SMILES string of the molecule is COc1ccc(C(=O)N2CCC(C(=O)c3ccc(C)cc3)CC2)cc1. The Hall–Kier alpha value is -2.62. The monoisotopic (exact) mass is 337 g/mol. The summed E-state index contributed by atoms with van der Waals surface area (Å²) >= 11 is 0. The molecule has 0 saturated carbocycles. The Kier molecular flexibility index (Phi) is 5.17. The number of carbonyl (C=O) groups is 2. The third kappa shape index (κ3) is 3.90. The van der Waals surface area contributed by atoms with E-state index in [1.54, 1.807) is 31.4 Å². The molecule has 1 fully saturated rings. The number of rotatable bonds is 4. The number of carbonyl (C=O) groups excluding carboxylic acids is 2. The van der Waals surface area contributed by atoms with E-state index in [1.165, 1.54) is 0 Å². The van der Waals surface area contributed by atoms with Crippen LogP contribution in [0.5, 0.6) is 5.75 Å². The van der Waals surface area contributed by atoms with Gasteiger partial charge in [0.1, 0.15) is 5.75 Å². The second-order valence-corrected chi connectivity index (χ2v) is 6.53. The minimum Gasteiger partial charge on any atom is -0.497 e. The molecule has 1 heterocycles. The number of amides is 1. The van der Waals surface area contributed by atoms with Crippen LogP contribution < -0.4 is 4.74 Å². The second-order valence-electron chi connectivity index (χ2n) is 6.53. The molecule has 0 spiro atoms. The van der Waals surface area contributed by atoms with Crippen molar-refractivity contribution in [3.8, 4) is 5.75 Å². The lowest BCUT2D eigenvalue weighted by Gasteiger charge is -2.31. The van der Waals surface area contributed by atoms with Gasteiger partial charge in [0.2, 0.25) is 0 Å². The summed E-state index contributed by atoms with van der Waals surface area (Å²) < 4.78 is 5.12. The van der Waals surface area contributed by atoms with Crippen LogP contribution in [0.1, 0.15) is 39.1 Å². The summed E-state index contributed by atoms with van der Waals surface area (Å²) in [5.74, 6) is 0.946. The molecule has 130 valence electrons. The molecule has 2 aromatic carbocycles. The molecule has 3 rings (SSSR count). The molecule has 0 N–H and O–H groups in total. The van der Waals surface area contributed by atoms with E-state index in [-0.39, 0.29) is 17.6 Å². The number of hydrogen-bond acceptors (Lipinski definition) is 3. The predicted octanol–water partition coefficient (Wildman–Crippen LogP) is 3.74. The van der Waals surface area contributed by atoms with Gasteiger partial charge in [-0.05, 0) is 44.0 Å². The normalized spacial score (nSPS) is 15.0. The van der Waals surface area contributed by atoms with Crippen LogP contribution in [0.4, 0.5) is 0 Å². The van der Waals surface area contributed by atoms with Gasteiger partial charge in [-0.1, -0.05) is 29.8 Å². The first-order valence-corrected chi connectivity index (χ1v) is 8.62. The first-order valence-electron chi connectivity index (χ1n) is 8.62. The average molecular weight is 337 g/mol. The summed E-state index contributed by atoms with van der Waals surface area (Å²) in [5, 5.41) is 0. The number of methoxy groups -OCH3 is 1. The van der Waals surface area contributed by atoms with Crippen LogP contribution in [-0.4, -0.2) is 36.8 Å². The van der Waals surface area contributed by atoms with E-state index < -0.39 is 0 Å². The lowest BCUT2D eigenvalue weighted by Crippen LogP contribution is -2.40. The van der Waals surface area contributed by atoms with E-state index in [0.717, 1.165) is 16.9 Å². The quantitative estimate of drug-likeness (QED) is 0.799. The van der Waals surface area contributed by atoms with E-state index in [9.17, 15) is 9.59 Å². The summed E-state index contributed by atoms with van der Waals surface area (Å²) in [4.78, 5) is 27.0. The number of benzene rings is 2. The fraction of sp³-hybridized carbons (Fsp3) is 0.333. The Morgan fingerprint density at radius 3 is 2.04 bits per heavy atom. The van der Waals surface area contributed by atoms with Gasteiger partial charge >= 0.3 is 0 Å². The van der Waals surface area contributed by atoms with E-state index >= 15 is 0 Å². The predicted molar refractivity (Wildman–Crippen MR) is 97.1 cm³/mol. The summed E-state index contributed by atoms with van der Waals surface area (Å²) in [5.41, 5.74) is 2.58. The van der Waals surface area contributed by atoms with Gasteiger partial charge in [-0.2, -0.15) is 0 Å². The van der Waals surface area contributed by atoms with Gasteiger partial charge in [-0.25, -0.2) is 0 Å². The van der Waals surface area contributed by atoms with Crippen molar-refractivity contribution in [2.75, 3.05) is 20.2 Å². The number of hydrogen-bond donors (Lipinski definition) is 0. The van der Waals surface area contributed by atoms with Gasteiger partial charge in [-0.15, -0.1) is 0 Å². The minimum absolute atomic E-state index is 0.00243. The molecule has 2 aromatic rings. The number of Topliss-reactive ketones (excluding diaryl/α,β-unsaturated/α-hetero) is 1. The molecule has 1 saturated heterocycles. The topological polar surface area (TPSA) is 46.6 Å². The fourth-order valence-corrected chi connectivity index (χ4v) is 3.21. The van der Waals surface area contributed by atoms with Crippen LogP contribution >= 0.6 is 0 Å². The maximum atomic E-state index is 12.6. The minimum atomic E-state index is 0.00243. The van der Waals surface area contributed by atoms with Crippen molar-refractivity contribution in [2.24, 2.45) is 5.92 Å². The highest BCUT2D eigenvalue weighted by molar-refractivity contribution is 5.98. The van der Waals surface area contributed by atoms with Crippen molar-refractivity contribution in [3.63, 3.8) is 0 Å². The van der Waals surface area contributed by atoms with Gasteiger partial charge in [0.15, 0.2) is 5.78 Å². The zero-order valence-corrected chi connectivity index (χ0v) is 14.7. The lowest BCUT2D eigenvalue weighted by atomic mass is 9.88. The Labute approximate surface area is 148 Å². The first kappa shape index (κ1) is 17.2. The Balaban J connectivity index is 1.60. The molecule has 0 aliphatic carbocycles. The molecule has 4 nitrogen and oxygen atoms in total. The highest BCUT2D eigenvalue weighted by atomic mass is 16.5. The third-order valence-electron chi connectivity index (χ3n) is 4.83. The molecule has 0 radical (unpaired) electrons. The van der Waals surface area contributed by atoms with E-state index in [2.05, 4.69) is 0 Å². The summed E-state index contributed by atoms with van der Waals surface area (Å²) in [6, 6.07) is 14.9. The van der Waals surface area contributed by atoms with Crippen LogP contribution in [0.15, 0.2) is 48.5 Å².